The zero-order valence-electron chi connectivity index (χ0n) is 17.0. The molecule has 0 spiro atoms. The van der Waals surface area contributed by atoms with Gasteiger partial charge in [0.15, 0.2) is 5.84 Å². The highest BCUT2D eigenvalue weighted by atomic mass is 32.2. The van der Waals surface area contributed by atoms with Crippen LogP contribution in [0.2, 0.25) is 0 Å². The lowest BCUT2D eigenvalue weighted by atomic mass is 9.91. The molecule has 12 heteroatoms. The van der Waals surface area contributed by atoms with E-state index in [1.165, 1.54) is 7.11 Å². The molecular weight excluding hydrogens is 410 g/mol. The molecule has 1 aromatic rings. The van der Waals surface area contributed by atoms with Crippen LogP contribution in [-0.2, 0) is 14.8 Å². The third-order valence-corrected chi connectivity index (χ3v) is 6.09. The van der Waals surface area contributed by atoms with Crippen LogP contribution >= 0.6 is 0 Å². The van der Waals surface area contributed by atoms with Crippen molar-refractivity contribution in [3.8, 4) is 5.88 Å². The summed E-state index contributed by atoms with van der Waals surface area (Å²) in [6, 6.07) is 4.97. The summed E-state index contributed by atoms with van der Waals surface area (Å²) in [6.07, 6.45) is 4.18. The normalized spacial score (nSPS) is 22.0. The van der Waals surface area contributed by atoms with E-state index in [1.807, 2.05) is 0 Å². The number of pyridine rings is 1. The second kappa shape index (κ2) is 10.4. The van der Waals surface area contributed by atoms with Crippen LogP contribution in [0.1, 0.15) is 25.7 Å². The van der Waals surface area contributed by atoms with Gasteiger partial charge in [-0.05, 0) is 31.7 Å². The van der Waals surface area contributed by atoms with Crippen LogP contribution in [0, 0.1) is 0 Å². The summed E-state index contributed by atoms with van der Waals surface area (Å²) in [4.78, 5) is 4.13. The molecule has 0 aliphatic heterocycles. The van der Waals surface area contributed by atoms with Gasteiger partial charge in [0, 0.05) is 43.6 Å². The Hall–Kier alpha value is -2.70. The molecule has 0 aromatic carbocycles. The molecule has 5 N–H and O–H groups in total. The number of nitrogens with two attached hydrogens (primary N) is 2. The Morgan fingerprint density at radius 1 is 1.43 bits per heavy atom. The number of amidine groups is 1. The number of rotatable bonds is 11. The second-order valence-electron chi connectivity index (χ2n) is 6.82. The van der Waals surface area contributed by atoms with E-state index in [9.17, 15) is 8.42 Å². The molecule has 0 radical (unpaired) electrons. The number of aromatic nitrogens is 1. The van der Waals surface area contributed by atoms with E-state index in [0.29, 0.717) is 25.7 Å². The number of hydrogen-bond acceptors (Lipinski definition) is 9. The molecule has 0 bridgehead atoms. The van der Waals surface area contributed by atoms with E-state index < -0.39 is 15.8 Å². The summed E-state index contributed by atoms with van der Waals surface area (Å²) in [6.45, 7) is 7.03. The zero-order chi connectivity index (χ0) is 22.2. The van der Waals surface area contributed by atoms with Gasteiger partial charge in [-0.2, -0.15) is 10.2 Å². The lowest BCUT2D eigenvalue weighted by molar-refractivity contribution is -0.132. The monoisotopic (exact) mass is 439 g/mol. The maximum absolute atomic E-state index is 11.7. The highest BCUT2D eigenvalue weighted by Gasteiger charge is 2.42. The van der Waals surface area contributed by atoms with Gasteiger partial charge in [0.25, 0.3) is 5.79 Å². The van der Waals surface area contributed by atoms with Gasteiger partial charge in [-0.3, -0.25) is 5.01 Å². The molecule has 30 heavy (non-hydrogen) atoms. The number of ether oxygens (including phenoxy) is 2. The topological polar surface area (TPSA) is 158 Å². The van der Waals surface area contributed by atoms with Gasteiger partial charge in [-0.15, -0.1) is 0 Å². The highest BCUT2D eigenvalue weighted by molar-refractivity contribution is 7.92. The Labute approximate surface area is 176 Å². The van der Waals surface area contributed by atoms with Crippen molar-refractivity contribution >= 4 is 22.6 Å². The first kappa shape index (κ1) is 23.6. The maximum atomic E-state index is 11.7. The van der Waals surface area contributed by atoms with Crippen LogP contribution in [0.4, 0.5) is 0 Å². The average molecular weight is 440 g/mol. The fraction of sp³-hybridized carbons (Fsp3) is 0.500. The minimum Gasteiger partial charge on any atom is -0.435 e. The van der Waals surface area contributed by atoms with Crippen molar-refractivity contribution < 1.29 is 17.9 Å². The highest BCUT2D eigenvalue weighted by Crippen LogP contribution is 2.27. The fourth-order valence-corrected chi connectivity index (χ4v) is 4.13. The molecule has 1 saturated carbocycles. The Balaban J connectivity index is 2.14. The van der Waals surface area contributed by atoms with Crippen LogP contribution in [-0.4, -0.2) is 62.5 Å². The Morgan fingerprint density at radius 3 is 2.63 bits per heavy atom. The van der Waals surface area contributed by atoms with E-state index >= 15 is 0 Å². The third-order valence-electron chi connectivity index (χ3n) is 4.99. The van der Waals surface area contributed by atoms with Gasteiger partial charge in [-0.25, -0.2) is 18.1 Å². The predicted octanol–water partition coefficient (Wildman–Crippen LogP) is 0.326. The summed E-state index contributed by atoms with van der Waals surface area (Å²) in [5, 5.41) is 10.3. The molecule has 11 nitrogen and oxygen atoms in total. The molecule has 1 unspecified atom stereocenters. The van der Waals surface area contributed by atoms with Crippen molar-refractivity contribution in [3.05, 3.63) is 36.4 Å². The first-order valence-electron chi connectivity index (χ1n) is 9.36. The molecule has 1 aliphatic rings. The van der Waals surface area contributed by atoms with E-state index in [2.05, 4.69) is 33.2 Å². The number of nitrogens with zero attached hydrogens (tertiary/aromatic N) is 4. The largest absolute Gasteiger partial charge is 0.435 e. The molecule has 1 aromatic heterocycles. The van der Waals surface area contributed by atoms with E-state index in [-0.39, 0.29) is 30.3 Å². The molecule has 0 saturated heterocycles. The minimum absolute atomic E-state index is 0.0283. The molecule has 1 heterocycles. The zero-order valence-corrected chi connectivity index (χ0v) is 17.8. The van der Waals surface area contributed by atoms with E-state index in [4.69, 9.17) is 21.1 Å². The lowest BCUT2D eigenvalue weighted by Gasteiger charge is -2.40. The lowest BCUT2D eigenvalue weighted by Crippen LogP contribution is -2.59. The number of nitrogens with one attached hydrogen (secondary N) is 1. The van der Waals surface area contributed by atoms with Crippen molar-refractivity contribution in [1.29, 1.82) is 0 Å². The maximum Gasteiger partial charge on any atom is 0.291 e. The Morgan fingerprint density at radius 2 is 2.13 bits per heavy atom. The number of hydrazone groups is 2. The van der Waals surface area contributed by atoms with E-state index in [0.717, 1.165) is 5.41 Å². The average Bonchev–Trinajstić information content (AvgIpc) is 2.77. The van der Waals surface area contributed by atoms with Crippen molar-refractivity contribution in [2.24, 2.45) is 21.8 Å². The first-order chi connectivity index (χ1) is 14.3. The summed E-state index contributed by atoms with van der Waals surface area (Å²) in [7, 11) is -2.05. The molecule has 0 amide bonds. The summed E-state index contributed by atoms with van der Waals surface area (Å²) in [5.74, 6) is 4.07. The van der Waals surface area contributed by atoms with Crippen molar-refractivity contribution in [3.63, 3.8) is 0 Å². The molecule has 1 fully saturated rings. The van der Waals surface area contributed by atoms with E-state index in [1.54, 1.807) is 29.4 Å². The van der Waals surface area contributed by atoms with Gasteiger partial charge >= 0.3 is 0 Å². The van der Waals surface area contributed by atoms with Gasteiger partial charge < -0.3 is 21.1 Å². The van der Waals surface area contributed by atoms with Crippen LogP contribution in [0.5, 0.6) is 5.88 Å². The van der Waals surface area contributed by atoms with Crippen molar-refractivity contribution in [1.82, 2.24) is 14.7 Å². The van der Waals surface area contributed by atoms with Gasteiger partial charge in [0.2, 0.25) is 15.9 Å². The predicted molar refractivity (Wildman–Crippen MR) is 115 cm³/mol. The Bertz CT molecular complexity index is 841. The van der Waals surface area contributed by atoms with Crippen LogP contribution in [0.3, 0.4) is 0 Å². The standard InChI is InChI=1S/C18H29N7O4S/c1-4-30(26,27)24-14-8-10-15(11-9-14)25(21-2)13-18(28-3,17(19)23-20)29-16-7-5-6-12-22-16/h4-7,12,14-15,24H,1-2,8-11,13,20H2,3H3,(H2,19,23). The third kappa shape index (κ3) is 5.90. The summed E-state index contributed by atoms with van der Waals surface area (Å²) >= 11 is 0. The molecule has 1 aliphatic carbocycles. The van der Waals surface area contributed by atoms with Crippen molar-refractivity contribution in [2.75, 3.05) is 13.7 Å². The summed E-state index contributed by atoms with van der Waals surface area (Å²) < 4.78 is 37.5. The molecule has 166 valence electrons. The first-order valence-corrected chi connectivity index (χ1v) is 10.9. The molecular formula is C18H29N7O4S. The van der Waals surface area contributed by atoms with Gasteiger partial charge in [-0.1, -0.05) is 12.6 Å². The fourth-order valence-electron chi connectivity index (χ4n) is 3.33. The SMILES string of the molecule is C=CS(=O)(=O)NC1CCC(N(CC(OC)(Oc2ccccn2)/C(N)=N\N)N=C)CC1. The minimum atomic E-state index is -3.47. The smallest absolute Gasteiger partial charge is 0.291 e. The Kier molecular flexibility index (Phi) is 8.15. The molecule has 2 rings (SSSR count). The number of hydrogen-bond donors (Lipinski definition) is 3. The number of sulfonamides is 1. The van der Waals surface area contributed by atoms with Crippen LogP contribution in [0.25, 0.3) is 0 Å². The number of methoxy groups -OCH3 is 1. The quantitative estimate of drug-likeness (QED) is 0.146. The van der Waals surface area contributed by atoms with Gasteiger partial charge in [0.05, 0.1) is 0 Å². The van der Waals surface area contributed by atoms with Crippen molar-refractivity contribution in [2.45, 2.75) is 43.6 Å². The van der Waals surface area contributed by atoms with Crippen LogP contribution < -0.4 is 21.0 Å². The summed E-state index contributed by atoms with van der Waals surface area (Å²) in [5.41, 5.74) is 6.02. The van der Waals surface area contributed by atoms with Crippen LogP contribution in [0.15, 0.2) is 46.6 Å². The second-order valence-corrected chi connectivity index (χ2v) is 8.47. The van der Waals surface area contributed by atoms with Gasteiger partial charge in [0.1, 0.15) is 6.54 Å². The molecule has 1 atom stereocenters.